The van der Waals surface area contributed by atoms with Gasteiger partial charge in [0, 0.05) is 0 Å². The summed E-state index contributed by atoms with van der Waals surface area (Å²) in [6.07, 6.45) is 2.32. The Hall–Kier alpha value is -1.04. The van der Waals surface area contributed by atoms with Crippen molar-refractivity contribution in [2.24, 2.45) is 11.8 Å². The van der Waals surface area contributed by atoms with Crippen LogP contribution in [0.1, 0.15) is 96.4 Å². The van der Waals surface area contributed by atoms with E-state index >= 15 is 0 Å². The van der Waals surface area contributed by atoms with E-state index in [-0.39, 0.29) is 0 Å². The molecule has 23 heavy (non-hydrogen) atoms. The van der Waals surface area contributed by atoms with Crippen LogP contribution in [-0.2, 0) is 0 Å². The Kier molecular flexibility index (Phi) is 9.51. The molecule has 0 aliphatic carbocycles. The van der Waals surface area contributed by atoms with E-state index in [0.717, 1.165) is 0 Å². The maximum atomic E-state index is 2.34. The molecule has 132 valence electrons. The summed E-state index contributed by atoms with van der Waals surface area (Å²) < 4.78 is 0. The van der Waals surface area contributed by atoms with Crippen LogP contribution in [0.2, 0.25) is 0 Å². The fraction of sp³-hybridized carbons (Fsp3) is 0.652. The summed E-state index contributed by atoms with van der Waals surface area (Å²) in [6.45, 7) is 24.6. The fourth-order valence-electron chi connectivity index (χ4n) is 2.97. The van der Waals surface area contributed by atoms with Gasteiger partial charge in [-0.05, 0) is 66.7 Å². The first kappa shape index (κ1) is 22.0. The second-order valence-electron chi connectivity index (χ2n) is 8.19. The number of hydrogen-bond donors (Lipinski definition) is 0. The lowest BCUT2D eigenvalue weighted by Crippen LogP contribution is -1.99. The lowest BCUT2D eigenvalue weighted by Gasteiger charge is -2.17. The molecule has 0 nitrogen and oxygen atoms in total. The molecule has 1 rings (SSSR count). The van der Waals surface area contributed by atoms with Crippen LogP contribution in [0.15, 0.2) is 23.8 Å². The Balaban J connectivity index is 0.000000468. The van der Waals surface area contributed by atoms with Gasteiger partial charge < -0.3 is 0 Å². The van der Waals surface area contributed by atoms with Crippen molar-refractivity contribution in [2.45, 2.75) is 88.0 Å². The molecule has 0 aliphatic heterocycles. The van der Waals surface area contributed by atoms with E-state index in [1.165, 1.54) is 27.8 Å². The van der Waals surface area contributed by atoms with Gasteiger partial charge in [-0.15, -0.1) is 0 Å². The summed E-state index contributed by atoms with van der Waals surface area (Å²) in [5, 5.41) is 0. The molecule has 1 aromatic rings. The maximum absolute atomic E-state index is 2.34. The van der Waals surface area contributed by atoms with Crippen LogP contribution in [0.5, 0.6) is 0 Å². The Morgan fingerprint density at radius 3 is 1.43 bits per heavy atom. The van der Waals surface area contributed by atoms with E-state index < -0.39 is 0 Å². The molecule has 0 heteroatoms. The number of rotatable bonds is 4. The normalized spacial score (nSPS) is 12.2. The highest BCUT2D eigenvalue weighted by molar-refractivity contribution is 5.40. The van der Waals surface area contributed by atoms with E-state index in [1.54, 1.807) is 0 Å². The lowest BCUT2D eigenvalue weighted by molar-refractivity contribution is 0.731. The van der Waals surface area contributed by atoms with Crippen LogP contribution in [0.25, 0.3) is 0 Å². The minimum Gasteiger partial charge on any atom is -0.0828 e. The molecule has 0 aliphatic rings. The van der Waals surface area contributed by atoms with Gasteiger partial charge in [0.15, 0.2) is 0 Å². The zero-order valence-corrected chi connectivity index (χ0v) is 17.5. The third kappa shape index (κ3) is 7.86. The average molecular weight is 317 g/mol. The van der Waals surface area contributed by atoms with Gasteiger partial charge >= 0.3 is 0 Å². The molecule has 0 fully saturated rings. The Labute approximate surface area is 146 Å². The van der Waals surface area contributed by atoms with Crippen LogP contribution >= 0.6 is 0 Å². The van der Waals surface area contributed by atoms with Crippen LogP contribution < -0.4 is 0 Å². The van der Waals surface area contributed by atoms with E-state index in [2.05, 4.69) is 94.4 Å². The van der Waals surface area contributed by atoms with Crippen LogP contribution in [0.3, 0.4) is 0 Å². The summed E-state index contributed by atoms with van der Waals surface area (Å²) in [5.41, 5.74) is 7.39. The van der Waals surface area contributed by atoms with Gasteiger partial charge in [-0.25, -0.2) is 0 Å². The molecule has 0 atom stereocenters. The zero-order chi connectivity index (χ0) is 18.3. The molecule has 0 heterocycles. The van der Waals surface area contributed by atoms with Crippen LogP contribution in [0, 0.1) is 25.7 Å². The van der Waals surface area contributed by atoms with E-state index in [0.29, 0.717) is 23.7 Å². The van der Waals surface area contributed by atoms with Gasteiger partial charge in [-0.2, -0.15) is 0 Å². The minimum absolute atomic E-state index is 0.633. The summed E-state index contributed by atoms with van der Waals surface area (Å²) in [7, 11) is 0. The summed E-state index contributed by atoms with van der Waals surface area (Å²) in [6, 6.07) is 4.68. The fourth-order valence-corrected chi connectivity index (χ4v) is 2.97. The molecule has 0 saturated heterocycles. The zero-order valence-electron chi connectivity index (χ0n) is 17.5. The second kappa shape index (κ2) is 9.96. The van der Waals surface area contributed by atoms with Crippen LogP contribution in [-0.4, -0.2) is 0 Å². The smallest absolute Gasteiger partial charge is 0.0214 e. The SMILES string of the molecule is C/C(=C\C(C)C)C(C)C.Cc1cc(C(C)C)cc(C)c1C(C)C. The molecule has 0 bridgehead atoms. The Morgan fingerprint density at radius 1 is 0.783 bits per heavy atom. The third-order valence-corrected chi connectivity index (χ3v) is 4.37. The Bertz CT molecular complexity index is 476. The molecule has 0 spiro atoms. The van der Waals surface area contributed by atoms with Crippen molar-refractivity contribution in [3.8, 4) is 0 Å². The quantitative estimate of drug-likeness (QED) is 0.497. The molecule has 0 saturated carbocycles. The van der Waals surface area contributed by atoms with Crippen LogP contribution in [0.4, 0.5) is 0 Å². The average Bonchev–Trinajstić information content (AvgIpc) is 2.36. The first-order valence-corrected chi connectivity index (χ1v) is 9.26. The van der Waals surface area contributed by atoms with Gasteiger partial charge in [0.1, 0.15) is 0 Å². The molecule has 1 aromatic carbocycles. The van der Waals surface area contributed by atoms with E-state index in [9.17, 15) is 0 Å². The molecule has 0 N–H and O–H groups in total. The molecule has 0 unspecified atom stereocenters. The maximum Gasteiger partial charge on any atom is -0.0214 e. The highest BCUT2D eigenvalue weighted by Gasteiger charge is 2.09. The van der Waals surface area contributed by atoms with Gasteiger partial charge in [-0.1, -0.05) is 79.2 Å². The predicted molar refractivity (Wildman–Crippen MR) is 108 cm³/mol. The summed E-state index contributed by atoms with van der Waals surface area (Å²) >= 11 is 0. The number of allylic oxidation sites excluding steroid dienone is 2. The number of hydrogen-bond acceptors (Lipinski definition) is 0. The van der Waals surface area contributed by atoms with E-state index in [4.69, 9.17) is 0 Å². The largest absolute Gasteiger partial charge is 0.0828 e. The van der Waals surface area contributed by atoms with Gasteiger partial charge in [0.05, 0.1) is 0 Å². The third-order valence-electron chi connectivity index (χ3n) is 4.37. The summed E-state index contributed by atoms with van der Waals surface area (Å²) in [5.74, 6) is 2.68. The van der Waals surface area contributed by atoms with E-state index in [1.807, 2.05) is 0 Å². The summed E-state index contributed by atoms with van der Waals surface area (Å²) in [4.78, 5) is 0. The first-order chi connectivity index (χ1) is 10.5. The first-order valence-electron chi connectivity index (χ1n) is 9.26. The van der Waals surface area contributed by atoms with Gasteiger partial charge in [0.25, 0.3) is 0 Å². The number of aryl methyl sites for hydroxylation is 2. The topological polar surface area (TPSA) is 0 Å². The highest BCUT2D eigenvalue weighted by atomic mass is 14.1. The van der Waals surface area contributed by atoms with Crippen molar-refractivity contribution >= 4 is 0 Å². The minimum atomic E-state index is 0.633. The van der Waals surface area contributed by atoms with Crippen molar-refractivity contribution in [3.63, 3.8) is 0 Å². The molecular formula is C23H40. The van der Waals surface area contributed by atoms with Gasteiger partial charge in [0.2, 0.25) is 0 Å². The van der Waals surface area contributed by atoms with Crippen molar-refractivity contribution < 1.29 is 0 Å². The molecular weight excluding hydrogens is 276 g/mol. The highest BCUT2D eigenvalue weighted by Crippen LogP contribution is 2.27. The standard InChI is InChI=1S/C14H22.C9H18/c1-9(2)13-7-11(5)14(10(3)4)12(6)8-13;1-7(2)6-9(5)8(3)4/h7-10H,1-6H3;6-8H,1-5H3/b;9-6+. The number of benzene rings is 1. The van der Waals surface area contributed by atoms with Crippen molar-refractivity contribution in [1.29, 1.82) is 0 Å². The second-order valence-corrected chi connectivity index (χ2v) is 8.19. The van der Waals surface area contributed by atoms with Crippen molar-refractivity contribution in [2.75, 3.05) is 0 Å². The monoisotopic (exact) mass is 316 g/mol. The predicted octanol–water partition coefficient (Wildman–Crippen LogP) is 7.79. The molecule has 0 radical (unpaired) electrons. The lowest BCUT2D eigenvalue weighted by atomic mass is 9.89. The van der Waals surface area contributed by atoms with Gasteiger partial charge in [-0.3, -0.25) is 0 Å². The molecule has 0 aromatic heterocycles. The van der Waals surface area contributed by atoms with Crippen molar-refractivity contribution in [3.05, 3.63) is 46.0 Å². The molecule has 0 amide bonds. The van der Waals surface area contributed by atoms with Crippen molar-refractivity contribution in [1.82, 2.24) is 0 Å². The Morgan fingerprint density at radius 2 is 1.22 bits per heavy atom.